The molecule has 1 N–H and O–H groups in total. The van der Waals surface area contributed by atoms with Gasteiger partial charge in [0.15, 0.2) is 0 Å². The van der Waals surface area contributed by atoms with E-state index in [1.165, 1.54) is 32.1 Å². The zero-order valence-electron chi connectivity index (χ0n) is 12.0. The summed E-state index contributed by atoms with van der Waals surface area (Å²) in [6.07, 6.45) is 8.87. The van der Waals surface area contributed by atoms with Gasteiger partial charge in [0.25, 0.3) is 0 Å². The van der Waals surface area contributed by atoms with E-state index < -0.39 is 0 Å². The quantitative estimate of drug-likeness (QED) is 0.836. The minimum absolute atomic E-state index is 0.165. The molecular formula is C15H28N2O. The maximum atomic E-state index is 12.6. The third-order valence-corrected chi connectivity index (χ3v) is 4.72. The molecule has 2 aliphatic rings. The van der Waals surface area contributed by atoms with Gasteiger partial charge in [-0.05, 0) is 45.1 Å². The van der Waals surface area contributed by atoms with E-state index in [0.717, 1.165) is 38.4 Å². The molecule has 1 atom stereocenters. The Balaban J connectivity index is 1.86. The lowest BCUT2D eigenvalue weighted by molar-refractivity contribution is -0.141. The topological polar surface area (TPSA) is 32.3 Å². The SMILES string of the molecule is CN(CC1CCCCC1)C(=O)C1(C)CCCNC1. The van der Waals surface area contributed by atoms with E-state index in [9.17, 15) is 4.79 Å². The van der Waals surface area contributed by atoms with Crippen molar-refractivity contribution in [3.63, 3.8) is 0 Å². The monoisotopic (exact) mass is 252 g/mol. The standard InChI is InChI=1S/C15H28N2O/c1-15(9-6-10-16-12-15)14(18)17(2)11-13-7-4-3-5-8-13/h13,16H,3-12H2,1-2H3. The van der Waals surface area contributed by atoms with Gasteiger partial charge in [0.05, 0.1) is 5.41 Å². The second-order valence-electron chi connectivity index (χ2n) is 6.53. The predicted molar refractivity (Wildman–Crippen MR) is 74.4 cm³/mol. The van der Waals surface area contributed by atoms with E-state index in [1.54, 1.807) is 0 Å². The summed E-state index contributed by atoms with van der Waals surface area (Å²) >= 11 is 0. The highest BCUT2D eigenvalue weighted by molar-refractivity contribution is 5.82. The fourth-order valence-electron chi connectivity index (χ4n) is 3.54. The largest absolute Gasteiger partial charge is 0.345 e. The Hall–Kier alpha value is -0.570. The van der Waals surface area contributed by atoms with Crippen molar-refractivity contribution < 1.29 is 4.79 Å². The Bertz CT molecular complexity index is 278. The molecule has 0 aromatic carbocycles. The Labute approximate surface area is 111 Å². The van der Waals surface area contributed by atoms with Crippen LogP contribution in [0.25, 0.3) is 0 Å². The van der Waals surface area contributed by atoms with Crippen molar-refractivity contribution in [2.75, 3.05) is 26.7 Å². The zero-order valence-corrected chi connectivity index (χ0v) is 12.0. The lowest BCUT2D eigenvalue weighted by Crippen LogP contribution is -2.50. The average molecular weight is 252 g/mol. The molecule has 1 amide bonds. The zero-order chi connectivity index (χ0) is 13.0. The van der Waals surface area contributed by atoms with Crippen LogP contribution >= 0.6 is 0 Å². The summed E-state index contributed by atoms with van der Waals surface area (Å²) in [5.74, 6) is 1.09. The average Bonchev–Trinajstić information content (AvgIpc) is 2.40. The van der Waals surface area contributed by atoms with Crippen LogP contribution < -0.4 is 5.32 Å². The van der Waals surface area contributed by atoms with Crippen LogP contribution in [0.2, 0.25) is 0 Å². The second-order valence-corrected chi connectivity index (χ2v) is 6.53. The normalized spacial score (nSPS) is 30.1. The first-order valence-corrected chi connectivity index (χ1v) is 7.58. The predicted octanol–water partition coefficient (Wildman–Crippen LogP) is 2.41. The first-order chi connectivity index (χ1) is 8.62. The molecule has 3 nitrogen and oxygen atoms in total. The molecule has 0 radical (unpaired) electrons. The lowest BCUT2D eigenvalue weighted by atomic mass is 9.81. The molecule has 0 aromatic heterocycles. The van der Waals surface area contributed by atoms with Crippen molar-refractivity contribution in [1.29, 1.82) is 0 Å². The van der Waals surface area contributed by atoms with Crippen molar-refractivity contribution in [3.8, 4) is 0 Å². The third kappa shape index (κ3) is 3.25. The fraction of sp³-hybridized carbons (Fsp3) is 0.933. The number of hydrogen-bond acceptors (Lipinski definition) is 2. The van der Waals surface area contributed by atoms with Crippen molar-refractivity contribution in [1.82, 2.24) is 10.2 Å². The summed E-state index contributed by atoms with van der Waals surface area (Å²) in [5.41, 5.74) is -0.165. The third-order valence-electron chi connectivity index (χ3n) is 4.72. The highest BCUT2D eigenvalue weighted by Crippen LogP contribution is 2.29. The molecule has 3 heteroatoms. The number of nitrogens with one attached hydrogen (secondary N) is 1. The van der Waals surface area contributed by atoms with E-state index in [1.807, 2.05) is 11.9 Å². The number of rotatable bonds is 3. The first-order valence-electron chi connectivity index (χ1n) is 7.58. The summed E-state index contributed by atoms with van der Waals surface area (Å²) < 4.78 is 0. The van der Waals surface area contributed by atoms with Gasteiger partial charge in [-0.15, -0.1) is 0 Å². The van der Waals surface area contributed by atoms with Crippen molar-refractivity contribution in [3.05, 3.63) is 0 Å². The number of piperidine rings is 1. The second kappa shape index (κ2) is 6.05. The molecule has 2 rings (SSSR count). The molecule has 2 fully saturated rings. The summed E-state index contributed by atoms with van der Waals surface area (Å²) in [7, 11) is 2.00. The highest BCUT2D eigenvalue weighted by atomic mass is 16.2. The molecule has 104 valence electrons. The van der Waals surface area contributed by atoms with Crippen molar-refractivity contribution in [2.24, 2.45) is 11.3 Å². The Morgan fingerprint density at radius 3 is 2.61 bits per heavy atom. The van der Waals surface area contributed by atoms with Crippen LogP contribution in [0.1, 0.15) is 51.9 Å². The van der Waals surface area contributed by atoms with Crippen LogP contribution in [0.15, 0.2) is 0 Å². The van der Waals surface area contributed by atoms with Crippen molar-refractivity contribution >= 4 is 5.91 Å². The van der Waals surface area contributed by atoms with Crippen LogP contribution in [0, 0.1) is 11.3 Å². The number of carbonyl (C=O) groups is 1. The minimum atomic E-state index is -0.165. The van der Waals surface area contributed by atoms with E-state index in [-0.39, 0.29) is 5.41 Å². The first kappa shape index (κ1) is 13.9. The van der Waals surface area contributed by atoms with Gasteiger partial charge in [-0.2, -0.15) is 0 Å². The van der Waals surface area contributed by atoms with E-state index in [0.29, 0.717) is 5.91 Å². The summed E-state index contributed by atoms with van der Waals surface area (Å²) in [6, 6.07) is 0. The van der Waals surface area contributed by atoms with Gasteiger partial charge in [0.1, 0.15) is 0 Å². The Kier molecular flexibility index (Phi) is 4.66. The van der Waals surface area contributed by atoms with Gasteiger partial charge in [0, 0.05) is 20.1 Å². The summed E-state index contributed by atoms with van der Waals surface area (Å²) in [4.78, 5) is 14.6. The molecule has 1 saturated carbocycles. The van der Waals surface area contributed by atoms with Gasteiger partial charge in [0.2, 0.25) is 5.91 Å². The number of amides is 1. The van der Waals surface area contributed by atoms with Crippen molar-refractivity contribution in [2.45, 2.75) is 51.9 Å². The molecule has 1 aliphatic heterocycles. The highest BCUT2D eigenvalue weighted by Gasteiger charge is 2.37. The van der Waals surface area contributed by atoms with Gasteiger partial charge in [-0.25, -0.2) is 0 Å². The maximum absolute atomic E-state index is 12.6. The number of hydrogen-bond donors (Lipinski definition) is 1. The molecule has 0 spiro atoms. The molecule has 1 saturated heterocycles. The van der Waals surface area contributed by atoms with E-state index in [4.69, 9.17) is 0 Å². The molecular weight excluding hydrogens is 224 g/mol. The van der Waals surface area contributed by atoms with E-state index >= 15 is 0 Å². The molecule has 1 heterocycles. The van der Waals surface area contributed by atoms with Gasteiger partial charge in [-0.1, -0.05) is 19.3 Å². The maximum Gasteiger partial charge on any atom is 0.229 e. The lowest BCUT2D eigenvalue weighted by Gasteiger charge is -2.37. The molecule has 1 unspecified atom stereocenters. The smallest absolute Gasteiger partial charge is 0.229 e. The molecule has 0 aromatic rings. The van der Waals surface area contributed by atoms with Gasteiger partial charge >= 0.3 is 0 Å². The van der Waals surface area contributed by atoms with Gasteiger partial charge in [-0.3, -0.25) is 4.79 Å². The van der Waals surface area contributed by atoms with Crippen LogP contribution in [-0.4, -0.2) is 37.5 Å². The molecule has 1 aliphatic carbocycles. The van der Waals surface area contributed by atoms with Crippen LogP contribution in [-0.2, 0) is 4.79 Å². The van der Waals surface area contributed by atoms with Crippen LogP contribution in [0.3, 0.4) is 0 Å². The molecule has 0 bridgehead atoms. The summed E-state index contributed by atoms with van der Waals surface area (Å²) in [6.45, 7) is 5.00. The van der Waals surface area contributed by atoms with Gasteiger partial charge < -0.3 is 10.2 Å². The minimum Gasteiger partial charge on any atom is -0.345 e. The number of nitrogens with zero attached hydrogens (tertiary/aromatic N) is 1. The van der Waals surface area contributed by atoms with E-state index in [2.05, 4.69) is 12.2 Å². The van der Waals surface area contributed by atoms with Crippen LogP contribution in [0.4, 0.5) is 0 Å². The van der Waals surface area contributed by atoms with Crippen LogP contribution in [0.5, 0.6) is 0 Å². The summed E-state index contributed by atoms with van der Waals surface area (Å²) in [5, 5.41) is 3.37. The fourth-order valence-corrected chi connectivity index (χ4v) is 3.54. The Morgan fingerprint density at radius 1 is 1.28 bits per heavy atom. The number of carbonyl (C=O) groups excluding carboxylic acids is 1. The Morgan fingerprint density at radius 2 is 2.00 bits per heavy atom. The molecule has 18 heavy (non-hydrogen) atoms.